The van der Waals surface area contributed by atoms with Gasteiger partial charge < -0.3 is 14.2 Å². The average Bonchev–Trinajstić information content (AvgIpc) is 3.29. The minimum absolute atomic E-state index is 0.0965. The summed E-state index contributed by atoms with van der Waals surface area (Å²) >= 11 is 0. The Labute approximate surface area is 394 Å². The van der Waals surface area contributed by atoms with Gasteiger partial charge in [-0.05, 0) is 96.3 Å². The highest BCUT2D eigenvalue weighted by Crippen LogP contribution is 2.14. The lowest BCUT2D eigenvalue weighted by Gasteiger charge is -2.18. The molecule has 0 aromatic carbocycles. The van der Waals surface area contributed by atoms with Gasteiger partial charge in [0.05, 0.1) is 0 Å². The first kappa shape index (κ1) is 60.3. The van der Waals surface area contributed by atoms with Crippen LogP contribution in [-0.2, 0) is 28.6 Å². The fraction of sp³-hybridized carbons (Fsp3) is 0.672. The van der Waals surface area contributed by atoms with E-state index >= 15 is 0 Å². The quantitative estimate of drug-likeness (QED) is 0.0262. The van der Waals surface area contributed by atoms with Crippen molar-refractivity contribution < 1.29 is 28.6 Å². The molecule has 0 saturated carbocycles. The van der Waals surface area contributed by atoms with Gasteiger partial charge in [0.25, 0.3) is 0 Å². The highest BCUT2D eigenvalue weighted by Gasteiger charge is 2.19. The minimum Gasteiger partial charge on any atom is -0.462 e. The smallest absolute Gasteiger partial charge is 0.306 e. The van der Waals surface area contributed by atoms with E-state index in [-0.39, 0.29) is 31.1 Å². The monoisotopic (exact) mass is 889 g/mol. The van der Waals surface area contributed by atoms with E-state index in [1.54, 1.807) is 0 Å². The normalized spacial score (nSPS) is 12.9. The van der Waals surface area contributed by atoms with Gasteiger partial charge in [-0.25, -0.2) is 0 Å². The second-order valence-electron chi connectivity index (χ2n) is 17.1. The zero-order valence-electron chi connectivity index (χ0n) is 41.5. The van der Waals surface area contributed by atoms with Gasteiger partial charge in [0.15, 0.2) is 6.10 Å². The summed E-state index contributed by atoms with van der Waals surface area (Å²) in [5.74, 6) is -0.959. The molecule has 0 amide bonds. The van der Waals surface area contributed by atoms with Crippen LogP contribution in [0.1, 0.15) is 233 Å². The van der Waals surface area contributed by atoms with Crippen LogP contribution in [0.25, 0.3) is 0 Å². The Kier molecular flexibility index (Phi) is 49.0. The number of hydrogen-bond acceptors (Lipinski definition) is 6. The number of carbonyl (C=O) groups excluding carboxylic acids is 3. The summed E-state index contributed by atoms with van der Waals surface area (Å²) in [6.07, 6.45) is 68.2. The third kappa shape index (κ3) is 49.3. The molecule has 0 fully saturated rings. The molecule has 0 aliphatic heterocycles. The number of hydrogen-bond donors (Lipinski definition) is 0. The molecule has 0 rings (SSSR count). The number of carbonyl (C=O) groups is 3. The molecule has 0 saturated heterocycles. The standard InChI is InChI=1S/C58H96O6/c1-4-7-10-13-16-19-22-25-26-27-28-29-30-31-32-34-36-39-42-45-48-51-57(60)63-54-55(53-62-56(59)50-47-44-41-38-35-24-21-18-15-12-9-6-3)64-58(61)52-49-46-43-40-37-33-23-20-17-14-11-8-5-2/h7,10-11,14,16,19-20,23,25-26,28-29,31-32,36,39,55H,4-6,8-9,12-13,15,17-18,21-22,24,27,30,33-35,37-38,40-54H2,1-3H3/b10-7-,14-11-,19-16-,23-20-,26-25-,29-28-,32-31-,39-36-. The molecular formula is C58H96O6. The van der Waals surface area contributed by atoms with E-state index in [9.17, 15) is 14.4 Å². The van der Waals surface area contributed by atoms with Gasteiger partial charge in [-0.2, -0.15) is 0 Å². The zero-order chi connectivity index (χ0) is 46.5. The summed E-state index contributed by atoms with van der Waals surface area (Å²) in [4.78, 5) is 38.0. The fourth-order valence-corrected chi connectivity index (χ4v) is 6.89. The Balaban J connectivity index is 4.45. The molecule has 0 bridgehead atoms. The van der Waals surface area contributed by atoms with Gasteiger partial charge in [0.1, 0.15) is 13.2 Å². The van der Waals surface area contributed by atoms with E-state index in [0.717, 1.165) is 128 Å². The molecule has 0 aromatic heterocycles. The molecule has 64 heavy (non-hydrogen) atoms. The van der Waals surface area contributed by atoms with Crippen LogP contribution in [0.4, 0.5) is 0 Å². The highest BCUT2D eigenvalue weighted by molar-refractivity contribution is 5.71. The molecule has 0 heterocycles. The molecule has 0 aliphatic carbocycles. The maximum atomic E-state index is 12.8. The van der Waals surface area contributed by atoms with Crippen molar-refractivity contribution in [2.24, 2.45) is 0 Å². The largest absolute Gasteiger partial charge is 0.462 e. The maximum Gasteiger partial charge on any atom is 0.306 e. The molecule has 1 atom stereocenters. The lowest BCUT2D eigenvalue weighted by Crippen LogP contribution is -2.30. The summed E-state index contributed by atoms with van der Waals surface area (Å²) in [5, 5.41) is 0. The Morgan fingerprint density at radius 1 is 0.328 bits per heavy atom. The molecule has 6 nitrogen and oxygen atoms in total. The third-order valence-corrected chi connectivity index (χ3v) is 10.8. The molecule has 0 aliphatic rings. The van der Waals surface area contributed by atoms with Crippen LogP contribution in [0.3, 0.4) is 0 Å². The van der Waals surface area contributed by atoms with Crippen LogP contribution in [-0.4, -0.2) is 37.2 Å². The molecule has 0 aromatic rings. The predicted octanol–water partition coefficient (Wildman–Crippen LogP) is 17.4. The van der Waals surface area contributed by atoms with Crippen LogP contribution in [0.2, 0.25) is 0 Å². The Bertz CT molecular complexity index is 1300. The Hall–Kier alpha value is -3.67. The van der Waals surface area contributed by atoms with Crippen LogP contribution in [0, 0.1) is 0 Å². The Morgan fingerprint density at radius 3 is 1.05 bits per heavy atom. The molecule has 0 N–H and O–H groups in total. The topological polar surface area (TPSA) is 78.9 Å². The number of rotatable bonds is 46. The summed E-state index contributed by atoms with van der Waals surface area (Å²) in [7, 11) is 0. The van der Waals surface area contributed by atoms with Crippen molar-refractivity contribution in [1.29, 1.82) is 0 Å². The molecule has 0 spiro atoms. The Morgan fingerprint density at radius 2 is 0.641 bits per heavy atom. The van der Waals surface area contributed by atoms with E-state index in [0.29, 0.717) is 19.3 Å². The number of ether oxygens (including phenoxy) is 3. The second kappa shape index (κ2) is 52.0. The van der Waals surface area contributed by atoms with E-state index < -0.39 is 6.10 Å². The first-order valence-corrected chi connectivity index (χ1v) is 26.2. The molecule has 1 unspecified atom stereocenters. The first-order valence-electron chi connectivity index (χ1n) is 26.2. The SMILES string of the molecule is CC/C=C\C/C=C\C/C=C\C/C=C\C/C=C\C/C=C\CCCCC(=O)OCC(COC(=O)CCCCCCCCCCCCCC)OC(=O)CCCCCCC/C=C\C/C=C\CCC. The highest BCUT2D eigenvalue weighted by atomic mass is 16.6. The second-order valence-corrected chi connectivity index (χ2v) is 17.1. The van der Waals surface area contributed by atoms with Crippen molar-refractivity contribution in [2.75, 3.05) is 13.2 Å². The summed E-state index contributed by atoms with van der Waals surface area (Å²) in [5.41, 5.74) is 0. The third-order valence-electron chi connectivity index (χ3n) is 10.8. The average molecular weight is 889 g/mol. The zero-order valence-corrected chi connectivity index (χ0v) is 41.5. The van der Waals surface area contributed by atoms with E-state index in [2.05, 4.69) is 118 Å². The van der Waals surface area contributed by atoms with E-state index in [4.69, 9.17) is 14.2 Å². The van der Waals surface area contributed by atoms with Crippen molar-refractivity contribution in [3.05, 3.63) is 97.2 Å². The fourth-order valence-electron chi connectivity index (χ4n) is 6.89. The summed E-state index contributed by atoms with van der Waals surface area (Å²) in [6.45, 7) is 6.40. The van der Waals surface area contributed by atoms with E-state index in [1.165, 1.54) is 64.2 Å². The van der Waals surface area contributed by atoms with Gasteiger partial charge in [-0.15, -0.1) is 0 Å². The number of allylic oxidation sites excluding steroid dienone is 16. The van der Waals surface area contributed by atoms with Gasteiger partial charge in [-0.3, -0.25) is 14.4 Å². The molecule has 364 valence electrons. The van der Waals surface area contributed by atoms with Crippen LogP contribution in [0.15, 0.2) is 97.2 Å². The molecule has 6 heteroatoms. The maximum absolute atomic E-state index is 12.8. The van der Waals surface area contributed by atoms with Crippen molar-refractivity contribution in [3.63, 3.8) is 0 Å². The molecule has 0 radical (unpaired) electrons. The summed E-state index contributed by atoms with van der Waals surface area (Å²) < 4.78 is 16.7. The first-order chi connectivity index (χ1) is 31.5. The lowest BCUT2D eigenvalue weighted by atomic mass is 10.0. The minimum atomic E-state index is -0.801. The van der Waals surface area contributed by atoms with Gasteiger partial charge in [-0.1, -0.05) is 214 Å². The van der Waals surface area contributed by atoms with Gasteiger partial charge in [0.2, 0.25) is 0 Å². The van der Waals surface area contributed by atoms with Crippen LogP contribution >= 0.6 is 0 Å². The lowest BCUT2D eigenvalue weighted by molar-refractivity contribution is -0.167. The van der Waals surface area contributed by atoms with Crippen molar-refractivity contribution in [3.8, 4) is 0 Å². The van der Waals surface area contributed by atoms with Crippen LogP contribution in [0.5, 0.6) is 0 Å². The van der Waals surface area contributed by atoms with Crippen molar-refractivity contribution >= 4 is 17.9 Å². The molecular weight excluding hydrogens is 793 g/mol. The van der Waals surface area contributed by atoms with Crippen molar-refractivity contribution in [2.45, 2.75) is 239 Å². The predicted molar refractivity (Wildman–Crippen MR) is 274 cm³/mol. The van der Waals surface area contributed by atoms with E-state index in [1.807, 2.05) is 0 Å². The van der Waals surface area contributed by atoms with Gasteiger partial charge >= 0.3 is 17.9 Å². The van der Waals surface area contributed by atoms with Crippen LogP contribution < -0.4 is 0 Å². The number of esters is 3. The van der Waals surface area contributed by atoms with Gasteiger partial charge in [0, 0.05) is 19.3 Å². The van der Waals surface area contributed by atoms with Crippen molar-refractivity contribution in [1.82, 2.24) is 0 Å². The number of unbranched alkanes of at least 4 members (excludes halogenated alkanes) is 19. The summed E-state index contributed by atoms with van der Waals surface area (Å²) in [6, 6.07) is 0.